The minimum atomic E-state index is -0.348. The molecule has 1 amide bonds. The Morgan fingerprint density at radius 3 is 2.81 bits per heavy atom. The molecule has 0 spiro atoms. The van der Waals surface area contributed by atoms with Crippen molar-refractivity contribution in [3.63, 3.8) is 0 Å². The molecule has 1 saturated heterocycles. The monoisotopic (exact) mass is 353 g/mol. The maximum Gasteiger partial charge on any atom is 0.253 e. The van der Waals surface area contributed by atoms with Crippen molar-refractivity contribution >= 4 is 21.8 Å². The fourth-order valence-corrected chi connectivity index (χ4v) is 2.77. The minimum Gasteiger partial charge on any atom is -0.338 e. The molecule has 2 heterocycles. The van der Waals surface area contributed by atoms with Crippen LogP contribution in [-0.4, -0.2) is 34.0 Å². The third-order valence-corrected chi connectivity index (χ3v) is 3.89. The number of hydrogen-bond donors (Lipinski definition) is 0. The zero-order chi connectivity index (χ0) is 14.8. The van der Waals surface area contributed by atoms with Gasteiger partial charge >= 0.3 is 0 Å². The fraction of sp³-hybridized carbons (Fsp3) is 0.357. The summed E-state index contributed by atoms with van der Waals surface area (Å²) in [7, 11) is 0. The van der Waals surface area contributed by atoms with E-state index in [1.165, 1.54) is 24.3 Å². The molecule has 1 fully saturated rings. The lowest BCUT2D eigenvalue weighted by Gasteiger charge is -2.31. The van der Waals surface area contributed by atoms with Crippen molar-refractivity contribution in [2.75, 3.05) is 13.1 Å². The molecule has 0 bridgehead atoms. The summed E-state index contributed by atoms with van der Waals surface area (Å²) >= 11 is 3.15. The highest BCUT2D eigenvalue weighted by molar-refractivity contribution is 9.10. The second-order valence-electron chi connectivity index (χ2n) is 5.00. The van der Waals surface area contributed by atoms with Crippen LogP contribution in [0.25, 0.3) is 0 Å². The molecular formula is C14H13BrFN3O2. The molecule has 1 atom stereocenters. The van der Waals surface area contributed by atoms with Gasteiger partial charge in [0, 0.05) is 18.7 Å². The van der Waals surface area contributed by atoms with E-state index in [9.17, 15) is 9.18 Å². The highest BCUT2D eigenvalue weighted by Gasteiger charge is 2.28. The molecule has 5 nitrogen and oxygen atoms in total. The zero-order valence-electron chi connectivity index (χ0n) is 11.1. The Balaban J connectivity index is 1.73. The van der Waals surface area contributed by atoms with Crippen molar-refractivity contribution < 1.29 is 13.7 Å². The predicted molar refractivity (Wildman–Crippen MR) is 76.3 cm³/mol. The molecule has 7 heteroatoms. The van der Waals surface area contributed by atoms with Crippen LogP contribution >= 0.6 is 15.9 Å². The number of carbonyl (C=O) groups is 1. The topological polar surface area (TPSA) is 59.2 Å². The van der Waals surface area contributed by atoms with Gasteiger partial charge in [0.05, 0.1) is 5.92 Å². The second kappa shape index (κ2) is 5.93. The Bertz CT molecular complexity index is 644. The van der Waals surface area contributed by atoms with Crippen molar-refractivity contribution in [1.29, 1.82) is 0 Å². The minimum absolute atomic E-state index is 0.0435. The third kappa shape index (κ3) is 3.12. The van der Waals surface area contributed by atoms with Gasteiger partial charge < -0.3 is 9.42 Å². The summed E-state index contributed by atoms with van der Waals surface area (Å²) in [6.07, 6.45) is 1.78. The standard InChI is InChI=1S/C14H13BrFN3O2/c15-14-17-12(21-18-14)10-2-1-7-19(8-10)13(20)9-3-5-11(16)6-4-9/h3-6,10H,1-2,7-8H2/t10-/m0/s1. The molecule has 1 aromatic carbocycles. The molecule has 1 aromatic heterocycles. The van der Waals surface area contributed by atoms with Crippen LogP contribution in [0.2, 0.25) is 0 Å². The van der Waals surface area contributed by atoms with Crippen molar-refractivity contribution in [2.24, 2.45) is 0 Å². The van der Waals surface area contributed by atoms with Crippen molar-refractivity contribution in [3.05, 3.63) is 46.3 Å². The molecular weight excluding hydrogens is 341 g/mol. The Hall–Kier alpha value is -1.76. The van der Waals surface area contributed by atoms with Gasteiger partial charge in [0.1, 0.15) is 5.82 Å². The Morgan fingerprint density at radius 1 is 1.38 bits per heavy atom. The number of halogens is 2. The van der Waals surface area contributed by atoms with Gasteiger partial charge in [-0.15, -0.1) is 0 Å². The third-order valence-electron chi connectivity index (χ3n) is 3.57. The summed E-state index contributed by atoms with van der Waals surface area (Å²) in [6.45, 7) is 1.22. The zero-order valence-corrected chi connectivity index (χ0v) is 12.7. The van der Waals surface area contributed by atoms with Gasteiger partial charge in [0.25, 0.3) is 5.91 Å². The first-order chi connectivity index (χ1) is 10.1. The van der Waals surface area contributed by atoms with Crippen molar-refractivity contribution in [1.82, 2.24) is 15.0 Å². The van der Waals surface area contributed by atoms with Crippen LogP contribution in [-0.2, 0) is 0 Å². The first kappa shape index (κ1) is 14.2. The van der Waals surface area contributed by atoms with Gasteiger partial charge in [-0.1, -0.05) is 0 Å². The van der Waals surface area contributed by atoms with Crippen LogP contribution in [0.1, 0.15) is 35.0 Å². The SMILES string of the molecule is O=C(c1ccc(F)cc1)N1CCC[C@H](c2nc(Br)no2)C1. The van der Waals surface area contributed by atoms with Crippen LogP contribution in [0.5, 0.6) is 0 Å². The molecule has 0 radical (unpaired) electrons. The number of amides is 1. The summed E-state index contributed by atoms with van der Waals surface area (Å²) in [6, 6.07) is 5.60. The molecule has 3 rings (SSSR count). The van der Waals surface area contributed by atoms with E-state index in [1.807, 2.05) is 0 Å². The van der Waals surface area contributed by atoms with Crippen molar-refractivity contribution in [2.45, 2.75) is 18.8 Å². The summed E-state index contributed by atoms with van der Waals surface area (Å²) in [5.74, 6) is 0.137. The average molecular weight is 354 g/mol. The number of rotatable bonds is 2. The summed E-state index contributed by atoms with van der Waals surface area (Å²) in [5, 5.41) is 3.72. The Labute approximate surface area is 129 Å². The maximum atomic E-state index is 12.9. The molecule has 0 unspecified atom stereocenters. The highest BCUT2D eigenvalue weighted by atomic mass is 79.9. The van der Waals surface area contributed by atoms with E-state index in [4.69, 9.17) is 4.52 Å². The Kier molecular flexibility index (Phi) is 4.01. The van der Waals surface area contributed by atoms with E-state index in [0.29, 0.717) is 29.3 Å². The van der Waals surface area contributed by atoms with Crippen LogP contribution in [0, 0.1) is 5.82 Å². The van der Waals surface area contributed by atoms with Gasteiger partial charge in [-0.25, -0.2) is 4.39 Å². The lowest BCUT2D eigenvalue weighted by atomic mass is 9.97. The van der Waals surface area contributed by atoms with Gasteiger partial charge in [0.15, 0.2) is 0 Å². The fourth-order valence-electron chi connectivity index (χ4n) is 2.52. The number of likely N-dealkylation sites (tertiary alicyclic amines) is 1. The largest absolute Gasteiger partial charge is 0.338 e. The Morgan fingerprint density at radius 2 is 2.14 bits per heavy atom. The van der Waals surface area contributed by atoms with E-state index in [-0.39, 0.29) is 17.6 Å². The van der Waals surface area contributed by atoms with Crippen LogP contribution in [0.3, 0.4) is 0 Å². The van der Waals surface area contributed by atoms with E-state index in [0.717, 1.165) is 12.8 Å². The van der Waals surface area contributed by atoms with Gasteiger partial charge in [-0.2, -0.15) is 4.98 Å². The first-order valence-corrected chi connectivity index (χ1v) is 7.47. The van der Waals surface area contributed by atoms with E-state index in [1.54, 1.807) is 4.90 Å². The molecule has 2 aromatic rings. The van der Waals surface area contributed by atoms with E-state index < -0.39 is 0 Å². The molecule has 0 N–H and O–H groups in total. The first-order valence-electron chi connectivity index (χ1n) is 6.67. The lowest BCUT2D eigenvalue weighted by Crippen LogP contribution is -2.39. The van der Waals surface area contributed by atoms with E-state index in [2.05, 4.69) is 26.1 Å². The predicted octanol–water partition coefficient (Wildman–Crippen LogP) is 2.99. The van der Waals surface area contributed by atoms with Gasteiger partial charge in [-0.05, 0) is 58.2 Å². The van der Waals surface area contributed by atoms with Gasteiger partial charge in [0.2, 0.25) is 10.6 Å². The van der Waals surface area contributed by atoms with Crippen LogP contribution in [0.15, 0.2) is 33.5 Å². The summed E-state index contributed by atoms with van der Waals surface area (Å²) < 4.78 is 18.5. The number of nitrogens with zero attached hydrogens (tertiary/aromatic N) is 3. The lowest BCUT2D eigenvalue weighted by molar-refractivity contribution is 0.0695. The average Bonchev–Trinajstić information content (AvgIpc) is 2.94. The van der Waals surface area contributed by atoms with Gasteiger partial charge in [-0.3, -0.25) is 4.79 Å². The number of benzene rings is 1. The quantitative estimate of drug-likeness (QED) is 0.832. The maximum absolute atomic E-state index is 12.9. The van der Waals surface area contributed by atoms with Crippen LogP contribution in [0.4, 0.5) is 4.39 Å². The molecule has 0 aliphatic carbocycles. The molecule has 1 aliphatic rings. The number of aromatic nitrogens is 2. The van der Waals surface area contributed by atoms with E-state index >= 15 is 0 Å². The molecule has 0 saturated carbocycles. The molecule has 1 aliphatic heterocycles. The number of hydrogen-bond acceptors (Lipinski definition) is 4. The second-order valence-corrected chi connectivity index (χ2v) is 5.71. The van der Waals surface area contributed by atoms with Crippen molar-refractivity contribution in [3.8, 4) is 0 Å². The van der Waals surface area contributed by atoms with Crippen LogP contribution < -0.4 is 0 Å². The summed E-state index contributed by atoms with van der Waals surface area (Å²) in [5.41, 5.74) is 0.490. The molecule has 21 heavy (non-hydrogen) atoms. The molecule has 110 valence electrons. The number of carbonyl (C=O) groups excluding carboxylic acids is 1. The smallest absolute Gasteiger partial charge is 0.253 e. The summed E-state index contributed by atoms with van der Waals surface area (Å²) in [4.78, 5) is 18.3. The highest BCUT2D eigenvalue weighted by Crippen LogP contribution is 2.27. The normalized spacial score (nSPS) is 18.8. The number of piperidine rings is 1.